The maximum absolute atomic E-state index is 12.4. The molecule has 1 aromatic heterocycles. The van der Waals surface area contributed by atoms with Crippen LogP contribution >= 0.6 is 0 Å². The molecule has 6 heteroatoms. The number of carbonyl (C=O) groups is 1. The fourth-order valence-electron chi connectivity index (χ4n) is 2.55. The van der Waals surface area contributed by atoms with Crippen LogP contribution in [0.25, 0.3) is 0 Å². The van der Waals surface area contributed by atoms with Gasteiger partial charge in [-0.1, -0.05) is 30.3 Å². The first-order valence-electron chi connectivity index (χ1n) is 7.97. The molecule has 6 nitrogen and oxygen atoms in total. The Hall–Kier alpha value is -3.12. The molecule has 0 aliphatic carbocycles. The van der Waals surface area contributed by atoms with Gasteiger partial charge in [-0.2, -0.15) is 5.10 Å². The molecule has 2 aromatic carbocycles. The second-order valence-corrected chi connectivity index (χ2v) is 5.72. The topological polar surface area (TPSA) is 79.2 Å². The van der Waals surface area contributed by atoms with E-state index in [1.54, 1.807) is 23.0 Å². The van der Waals surface area contributed by atoms with Crippen LogP contribution in [0.5, 0.6) is 0 Å². The summed E-state index contributed by atoms with van der Waals surface area (Å²) in [5.74, 6) is -0.164. The van der Waals surface area contributed by atoms with Crippen LogP contribution in [0.4, 0.5) is 11.4 Å². The predicted octanol–water partition coefficient (Wildman–Crippen LogP) is 2.59. The Morgan fingerprint density at radius 2 is 1.92 bits per heavy atom. The molecule has 25 heavy (non-hydrogen) atoms. The van der Waals surface area contributed by atoms with Crippen LogP contribution in [0.1, 0.15) is 21.5 Å². The van der Waals surface area contributed by atoms with Gasteiger partial charge in [0, 0.05) is 31.0 Å². The number of aliphatic hydroxyl groups is 1. The third kappa shape index (κ3) is 4.24. The lowest BCUT2D eigenvalue weighted by Gasteiger charge is -2.10. The lowest BCUT2D eigenvalue weighted by molar-refractivity contribution is 0.0950. The lowest BCUT2D eigenvalue weighted by atomic mass is 10.1. The molecule has 3 rings (SSSR count). The molecule has 1 amide bonds. The van der Waals surface area contributed by atoms with Crippen molar-refractivity contribution in [3.63, 3.8) is 0 Å². The minimum absolute atomic E-state index is 0.0451. The molecule has 0 fully saturated rings. The van der Waals surface area contributed by atoms with Crippen molar-refractivity contribution in [3.8, 4) is 0 Å². The Morgan fingerprint density at radius 1 is 1.12 bits per heavy atom. The molecule has 3 aromatic rings. The quantitative estimate of drug-likeness (QED) is 0.646. The summed E-state index contributed by atoms with van der Waals surface area (Å²) in [6, 6.07) is 14.8. The van der Waals surface area contributed by atoms with Crippen molar-refractivity contribution in [1.29, 1.82) is 0 Å². The standard InChI is InChI=1S/C19H20N4O2/c1-23-12-18(11-21-23)22-17-8-4-7-14(9-17)19(25)20-10-15-5-2-3-6-16(15)13-24/h2-9,11-12,22,24H,10,13H2,1H3,(H,20,25). The Kier molecular flexibility index (Phi) is 5.11. The fraction of sp³-hybridized carbons (Fsp3) is 0.158. The monoisotopic (exact) mass is 336 g/mol. The van der Waals surface area contributed by atoms with E-state index in [4.69, 9.17) is 0 Å². The van der Waals surface area contributed by atoms with Crippen LogP contribution in [0.3, 0.4) is 0 Å². The number of aromatic nitrogens is 2. The number of aliphatic hydroxyl groups excluding tert-OH is 1. The van der Waals surface area contributed by atoms with Crippen LogP contribution in [-0.4, -0.2) is 20.8 Å². The van der Waals surface area contributed by atoms with Crippen LogP contribution in [0, 0.1) is 0 Å². The van der Waals surface area contributed by atoms with E-state index in [0.717, 1.165) is 22.5 Å². The zero-order valence-electron chi connectivity index (χ0n) is 13.9. The van der Waals surface area contributed by atoms with Gasteiger partial charge in [-0.15, -0.1) is 0 Å². The van der Waals surface area contributed by atoms with Gasteiger partial charge < -0.3 is 15.7 Å². The molecule has 0 spiro atoms. The molecule has 0 aliphatic rings. The Bertz CT molecular complexity index is 873. The molecule has 1 heterocycles. The van der Waals surface area contributed by atoms with Gasteiger partial charge >= 0.3 is 0 Å². The molecular weight excluding hydrogens is 316 g/mol. The van der Waals surface area contributed by atoms with Crippen LogP contribution < -0.4 is 10.6 Å². The van der Waals surface area contributed by atoms with Crippen molar-refractivity contribution in [1.82, 2.24) is 15.1 Å². The van der Waals surface area contributed by atoms with E-state index in [1.807, 2.05) is 49.6 Å². The molecular formula is C19H20N4O2. The van der Waals surface area contributed by atoms with Gasteiger partial charge in [0.05, 0.1) is 18.5 Å². The summed E-state index contributed by atoms with van der Waals surface area (Å²) in [5.41, 5.74) is 3.96. The smallest absolute Gasteiger partial charge is 0.251 e. The number of nitrogens with zero attached hydrogens (tertiary/aromatic N) is 2. The minimum atomic E-state index is -0.164. The Labute approximate surface area is 146 Å². The predicted molar refractivity (Wildman–Crippen MR) is 96.5 cm³/mol. The maximum Gasteiger partial charge on any atom is 0.251 e. The third-order valence-corrected chi connectivity index (χ3v) is 3.85. The number of anilines is 2. The largest absolute Gasteiger partial charge is 0.392 e. The van der Waals surface area contributed by atoms with Crippen molar-refractivity contribution in [3.05, 3.63) is 77.6 Å². The van der Waals surface area contributed by atoms with Gasteiger partial charge in [-0.25, -0.2) is 0 Å². The van der Waals surface area contributed by atoms with Crippen molar-refractivity contribution < 1.29 is 9.90 Å². The highest BCUT2D eigenvalue weighted by molar-refractivity contribution is 5.95. The average Bonchev–Trinajstić information content (AvgIpc) is 3.04. The summed E-state index contributed by atoms with van der Waals surface area (Å²) in [7, 11) is 1.85. The number of hydrogen-bond acceptors (Lipinski definition) is 4. The zero-order valence-corrected chi connectivity index (χ0v) is 13.9. The number of aryl methyl sites for hydroxylation is 1. The SMILES string of the molecule is Cn1cc(Nc2cccc(C(=O)NCc3ccccc3CO)c2)cn1. The molecule has 0 aliphatic heterocycles. The van der Waals surface area contributed by atoms with E-state index in [-0.39, 0.29) is 12.5 Å². The second-order valence-electron chi connectivity index (χ2n) is 5.72. The van der Waals surface area contributed by atoms with Crippen molar-refractivity contribution >= 4 is 17.3 Å². The molecule has 3 N–H and O–H groups in total. The Balaban J connectivity index is 1.67. The summed E-state index contributed by atoms with van der Waals surface area (Å²) in [5, 5.41) is 19.6. The number of benzene rings is 2. The van der Waals surface area contributed by atoms with Gasteiger partial charge in [0.1, 0.15) is 0 Å². The molecule has 0 atom stereocenters. The highest BCUT2D eigenvalue weighted by atomic mass is 16.3. The third-order valence-electron chi connectivity index (χ3n) is 3.85. The van der Waals surface area contributed by atoms with Gasteiger partial charge in [0.15, 0.2) is 0 Å². The molecule has 0 saturated heterocycles. The summed E-state index contributed by atoms with van der Waals surface area (Å²) >= 11 is 0. The average molecular weight is 336 g/mol. The first kappa shape index (κ1) is 16.7. The number of carbonyl (C=O) groups excluding carboxylic acids is 1. The highest BCUT2D eigenvalue weighted by Gasteiger charge is 2.08. The Morgan fingerprint density at radius 3 is 2.64 bits per heavy atom. The molecule has 0 bridgehead atoms. The van der Waals surface area contributed by atoms with E-state index in [2.05, 4.69) is 15.7 Å². The van der Waals surface area contributed by atoms with E-state index >= 15 is 0 Å². The van der Waals surface area contributed by atoms with E-state index in [9.17, 15) is 9.90 Å². The fourth-order valence-corrected chi connectivity index (χ4v) is 2.55. The van der Waals surface area contributed by atoms with E-state index in [1.165, 1.54) is 0 Å². The highest BCUT2D eigenvalue weighted by Crippen LogP contribution is 2.17. The van der Waals surface area contributed by atoms with Crippen molar-refractivity contribution in [2.75, 3.05) is 5.32 Å². The summed E-state index contributed by atoms with van der Waals surface area (Å²) in [6.45, 7) is 0.326. The second kappa shape index (κ2) is 7.63. The molecule has 128 valence electrons. The maximum atomic E-state index is 12.4. The van der Waals surface area contributed by atoms with Crippen LogP contribution in [0.2, 0.25) is 0 Å². The zero-order chi connectivity index (χ0) is 17.6. The molecule has 0 saturated carbocycles. The van der Waals surface area contributed by atoms with Gasteiger partial charge in [0.2, 0.25) is 0 Å². The summed E-state index contributed by atoms with van der Waals surface area (Å²) < 4.78 is 1.71. The van der Waals surface area contributed by atoms with Crippen LogP contribution in [0.15, 0.2) is 60.9 Å². The normalized spacial score (nSPS) is 10.5. The number of hydrogen-bond donors (Lipinski definition) is 3. The van der Waals surface area contributed by atoms with Crippen molar-refractivity contribution in [2.24, 2.45) is 7.05 Å². The van der Waals surface area contributed by atoms with E-state index < -0.39 is 0 Å². The van der Waals surface area contributed by atoms with Gasteiger partial charge in [0.25, 0.3) is 5.91 Å². The number of rotatable bonds is 6. The van der Waals surface area contributed by atoms with Gasteiger partial charge in [-0.05, 0) is 29.3 Å². The summed E-state index contributed by atoms with van der Waals surface area (Å²) in [4.78, 5) is 12.4. The number of nitrogens with one attached hydrogen (secondary N) is 2. The minimum Gasteiger partial charge on any atom is -0.392 e. The molecule has 0 radical (unpaired) electrons. The lowest BCUT2D eigenvalue weighted by Crippen LogP contribution is -2.23. The van der Waals surface area contributed by atoms with Gasteiger partial charge in [-0.3, -0.25) is 9.48 Å². The van der Waals surface area contributed by atoms with E-state index in [0.29, 0.717) is 12.1 Å². The molecule has 0 unspecified atom stereocenters. The first-order chi connectivity index (χ1) is 12.2. The van der Waals surface area contributed by atoms with Crippen molar-refractivity contribution in [2.45, 2.75) is 13.2 Å². The van der Waals surface area contributed by atoms with Crippen LogP contribution in [-0.2, 0) is 20.2 Å². The first-order valence-corrected chi connectivity index (χ1v) is 7.97. The summed E-state index contributed by atoms with van der Waals surface area (Å²) in [6.07, 6.45) is 3.58. The number of amides is 1.